The van der Waals surface area contributed by atoms with Gasteiger partial charge < -0.3 is 9.47 Å². The Morgan fingerprint density at radius 2 is 1.23 bits per heavy atom. The zero-order chi connectivity index (χ0) is 27.9. The number of primary sulfonamides is 1. The second-order valence-corrected chi connectivity index (χ2v) is 12.1. The van der Waals surface area contributed by atoms with E-state index in [1.54, 1.807) is 50.4 Å². The standard InChI is InChI=1S/C29H26N2O6S2/c1-19-26-23(24-18-17-22(20-11-6-4-7-12-20)27(36-2)28(24)37-3)15-10-16-25(26)31(29(19)38(30,32)33)39(34,35)21-13-8-5-9-14-21/h4-18H,1-3H3,(H2,30,32,33). The van der Waals surface area contributed by atoms with Crippen molar-refractivity contribution in [2.75, 3.05) is 14.2 Å². The molecule has 5 rings (SSSR count). The van der Waals surface area contributed by atoms with Gasteiger partial charge in [0.15, 0.2) is 16.5 Å². The van der Waals surface area contributed by atoms with E-state index in [2.05, 4.69) is 0 Å². The Morgan fingerprint density at radius 3 is 1.82 bits per heavy atom. The van der Waals surface area contributed by atoms with E-state index < -0.39 is 25.1 Å². The van der Waals surface area contributed by atoms with Crippen molar-refractivity contribution in [3.05, 3.63) is 96.6 Å². The van der Waals surface area contributed by atoms with Gasteiger partial charge in [0.25, 0.3) is 20.0 Å². The minimum absolute atomic E-state index is 0.0660. The molecule has 0 amide bonds. The van der Waals surface area contributed by atoms with E-state index in [9.17, 15) is 16.8 Å². The summed E-state index contributed by atoms with van der Waals surface area (Å²) in [5.41, 5.74) is 3.26. The summed E-state index contributed by atoms with van der Waals surface area (Å²) in [7, 11) is -5.73. The van der Waals surface area contributed by atoms with Gasteiger partial charge in [-0.1, -0.05) is 60.7 Å². The highest BCUT2D eigenvalue weighted by Gasteiger charge is 2.32. The van der Waals surface area contributed by atoms with Crippen molar-refractivity contribution in [3.8, 4) is 33.8 Å². The first-order valence-electron chi connectivity index (χ1n) is 11.9. The monoisotopic (exact) mass is 562 g/mol. The summed E-state index contributed by atoms with van der Waals surface area (Å²) < 4.78 is 65.7. The molecule has 0 radical (unpaired) electrons. The Labute approximate surface area is 227 Å². The van der Waals surface area contributed by atoms with Crippen LogP contribution in [0.3, 0.4) is 0 Å². The molecular formula is C29H26N2O6S2. The Kier molecular flexibility index (Phi) is 6.71. The van der Waals surface area contributed by atoms with Crippen LogP contribution < -0.4 is 14.6 Å². The summed E-state index contributed by atoms with van der Waals surface area (Å²) in [5.74, 6) is 0.903. The number of hydrogen-bond acceptors (Lipinski definition) is 6. The maximum absolute atomic E-state index is 13.8. The molecule has 8 nitrogen and oxygen atoms in total. The summed E-state index contributed by atoms with van der Waals surface area (Å²) in [4.78, 5) is -0.0660. The lowest BCUT2D eigenvalue weighted by atomic mass is 9.95. The fourth-order valence-corrected chi connectivity index (χ4v) is 7.93. The van der Waals surface area contributed by atoms with E-state index in [0.717, 1.165) is 15.1 Å². The molecule has 4 aromatic carbocycles. The van der Waals surface area contributed by atoms with E-state index >= 15 is 0 Å². The summed E-state index contributed by atoms with van der Waals surface area (Å²) in [6.07, 6.45) is 0. The highest BCUT2D eigenvalue weighted by atomic mass is 32.2. The van der Waals surface area contributed by atoms with Crippen LogP contribution in [0.5, 0.6) is 11.5 Å². The van der Waals surface area contributed by atoms with Crippen LogP contribution in [0.1, 0.15) is 5.56 Å². The van der Waals surface area contributed by atoms with Crippen LogP contribution in [0.15, 0.2) is 101 Å². The molecule has 0 atom stereocenters. The number of fused-ring (bicyclic) bond motifs is 1. The number of nitrogens with two attached hydrogens (primary N) is 1. The minimum atomic E-state index is -4.46. The molecule has 0 aliphatic heterocycles. The topological polar surface area (TPSA) is 118 Å². The van der Waals surface area contributed by atoms with Crippen molar-refractivity contribution in [2.24, 2.45) is 5.14 Å². The fourth-order valence-electron chi connectivity index (χ4n) is 4.99. The van der Waals surface area contributed by atoms with Crippen LogP contribution >= 0.6 is 0 Å². The summed E-state index contributed by atoms with van der Waals surface area (Å²) in [5, 5.41) is 5.53. The molecule has 2 N–H and O–H groups in total. The quantitative estimate of drug-likeness (QED) is 0.292. The number of benzene rings is 4. The van der Waals surface area contributed by atoms with Crippen LogP contribution in [0, 0.1) is 6.92 Å². The van der Waals surface area contributed by atoms with E-state index in [-0.39, 0.29) is 16.0 Å². The molecule has 0 aliphatic rings. The number of aryl methyl sites for hydroxylation is 1. The Morgan fingerprint density at radius 1 is 0.667 bits per heavy atom. The number of rotatable bonds is 7. The van der Waals surface area contributed by atoms with Crippen molar-refractivity contribution < 1.29 is 26.3 Å². The molecule has 10 heteroatoms. The van der Waals surface area contributed by atoms with E-state index in [1.165, 1.54) is 19.2 Å². The van der Waals surface area contributed by atoms with Gasteiger partial charge in [-0.15, -0.1) is 0 Å². The van der Waals surface area contributed by atoms with E-state index in [1.807, 2.05) is 42.5 Å². The summed E-state index contributed by atoms with van der Waals surface area (Å²) >= 11 is 0. The van der Waals surface area contributed by atoms with Crippen molar-refractivity contribution in [3.63, 3.8) is 0 Å². The van der Waals surface area contributed by atoms with Gasteiger partial charge in [0.1, 0.15) is 0 Å². The van der Waals surface area contributed by atoms with Gasteiger partial charge >= 0.3 is 0 Å². The number of methoxy groups -OCH3 is 2. The average Bonchev–Trinajstić information content (AvgIpc) is 3.27. The first-order valence-corrected chi connectivity index (χ1v) is 14.9. The second-order valence-electron chi connectivity index (χ2n) is 8.85. The minimum Gasteiger partial charge on any atom is -0.492 e. The molecule has 0 bridgehead atoms. The van der Waals surface area contributed by atoms with Crippen molar-refractivity contribution >= 4 is 30.9 Å². The van der Waals surface area contributed by atoms with E-state index in [0.29, 0.717) is 28.0 Å². The van der Waals surface area contributed by atoms with Crippen molar-refractivity contribution in [1.29, 1.82) is 0 Å². The molecule has 0 saturated heterocycles. The normalized spacial score (nSPS) is 12.0. The van der Waals surface area contributed by atoms with Gasteiger partial charge in [-0.3, -0.25) is 0 Å². The van der Waals surface area contributed by atoms with Gasteiger partial charge in [-0.2, -0.15) is 0 Å². The zero-order valence-electron chi connectivity index (χ0n) is 21.5. The predicted molar refractivity (Wildman–Crippen MR) is 151 cm³/mol. The lowest BCUT2D eigenvalue weighted by molar-refractivity contribution is 0.357. The van der Waals surface area contributed by atoms with Gasteiger partial charge in [-0.25, -0.2) is 25.9 Å². The predicted octanol–water partition coefficient (Wildman–Crippen LogP) is 5.19. The molecule has 0 aliphatic carbocycles. The molecule has 0 fully saturated rings. The molecule has 200 valence electrons. The fraction of sp³-hybridized carbons (Fsp3) is 0.103. The van der Waals surface area contributed by atoms with Crippen molar-refractivity contribution in [2.45, 2.75) is 16.8 Å². The van der Waals surface area contributed by atoms with Crippen LogP contribution in [0.2, 0.25) is 0 Å². The smallest absolute Gasteiger partial charge is 0.269 e. The molecule has 1 heterocycles. The molecule has 1 aromatic heterocycles. The molecule has 5 aromatic rings. The van der Waals surface area contributed by atoms with Crippen LogP contribution in [-0.2, 0) is 20.0 Å². The molecule has 0 saturated carbocycles. The van der Waals surface area contributed by atoms with Crippen LogP contribution in [-0.4, -0.2) is 35.0 Å². The summed E-state index contributed by atoms with van der Waals surface area (Å²) in [6.45, 7) is 1.55. The average molecular weight is 563 g/mol. The molecule has 0 spiro atoms. The number of aromatic nitrogens is 1. The van der Waals surface area contributed by atoms with Gasteiger partial charge in [0.05, 0.1) is 24.6 Å². The molecule has 0 unspecified atom stereocenters. The number of nitrogens with zero attached hydrogens (tertiary/aromatic N) is 1. The largest absolute Gasteiger partial charge is 0.492 e. The Bertz CT molecular complexity index is 1920. The van der Waals surface area contributed by atoms with Crippen LogP contribution in [0.4, 0.5) is 0 Å². The number of sulfonamides is 1. The highest BCUT2D eigenvalue weighted by molar-refractivity contribution is 7.92. The lowest BCUT2D eigenvalue weighted by Crippen LogP contribution is -2.23. The number of ether oxygens (including phenoxy) is 2. The third kappa shape index (κ3) is 4.36. The summed E-state index contributed by atoms with van der Waals surface area (Å²) in [6, 6.07) is 26.0. The molecular weight excluding hydrogens is 536 g/mol. The third-order valence-corrected chi connectivity index (χ3v) is 9.46. The molecule has 39 heavy (non-hydrogen) atoms. The second kappa shape index (κ2) is 9.88. The van der Waals surface area contributed by atoms with Gasteiger partial charge in [0.2, 0.25) is 0 Å². The third-order valence-electron chi connectivity index (χ3n) is 6.59. The Hall–Kier alpha value is -4.12. The maximum Gasteiger partial charge on any atom is 0.269 e. The number of hydrogen-bond donors (Lipinski definition) is 1. The lowest BCUT2D eigenvalue weighted by Gasteiger charge is -2.18. The van der Waals surface area contributed by atoms with E-state index in [4.69, 9.17) is 14.6 Å². The van der Waals surface area contributed by atoms with Gasteiger partial charge in [-0.05, 0) is 53.9 Å². The Balaban J connectivity index is 1.87. The first kappa shape index (κ1) is 26.5. The first-order chi connectivity index (χ1) is 18.6. The van der Waals surface area contributed by atoms with Gasteiger partial charge in [0, 0.05) is 16.5 Å². The maximum atomic E-state index is 13.8. The highest BCUT2D eigenvalue weighted by Crippen LogP contribution is 2.47. The van der Waals surface area contributed by atoms with Crippen molar-refractivity contribution in [1.82, 2.24) is 3.97 Å². The zero-order valence-corrected chi connectivity index (χ0v) is 23.1. The van der Waals surface area contributed by atoms with Crippen LogP contribution in [0.25, 0.3) is 33.2 Å². The SMILES string of the molecule is COc1c(-c2ccccc2)ccc(-c2cccc3c2c(C)c(S(N)(=O)=O)n3S(=O)(=O)c2ccccc2)c1OC.